The number of hydrogen-bond donors (Lipinski definition) is 1. The van der Waals surface area contributed by atoms with Gasteiger partial charge in [0.2, 0.25) is 0 Å². The second-order valence-corrected chi connectivity index (χ2v) is 5.25. The van der Waals surface area contributed by atoms with Crippen LogP contribution in [0.5, 0.6) is 0 Å². The number of hydrogen-bond acceptors (Lipinski definition) is 2. The van der Waals surface area contributed by atoms with Crippen molar-refractivity contribution in [2.45, 2.75) is 65.0 Å². The van der Waals surface area contributed by atoms with E-state index in [4.69, 9.17) is 5.11 Å². The van der Waals surface area contributed by atoms with Gasteiger partial charge >= 0.3 is 5.97 Å². The average Bonchev–Trinajstić information content (AvgIpc) is 2.24. The molecule has 1 N–H and O–H groups in total. The zero-order valence-electron chi connectivity index (χ0n) is 10.8. The lowest BCUT2D eigenvalue weighted by atomic mass is 9.85. The summed E-state index contributed by atoms with van der Waals surface area (Å²) in [6, 6.07) is 0.862. The highest BCUT2D eigenvalue weighted by Crippen LogP contribution is 2.28. The van der Waals surface area contributed by atoms with Crippen molar-refractivity contribution in [2.24, 2.45) is 5.92 Å². The van der Waals surface area contributed by atoms with E-state index >= 15 is 0 Å². The molecule has 0 aromatic rings. The van der Waals surface area contributed by atoms with Gasteiger partial charge in [0.05, 0.1) is 6.54 Å². The second-order valence-electron chi connectivity index (χ2n) is 5.25. The fraction of sp³-hybridized carbons (Fsp3) is 0.923. The summed E-state index contributed by atoms with van der Waals surface area (Å²) in [4.78, 5) is 13.1. The van der Waals surface area contributed by atoms with Crippen LogP contribution in [0.3, 0.4) is 0 Å². The van der Waals surface area contributed by atoms with E-state index in [1.54, 1.807) is 0 Å². The molecule has 3 heteroatoms. The highest BCUT2D eigenvalue weighted by molar-refractivity contribution is 5.69. The Balaban J connectivity index is 2.62. The molecule has 16 heavy (non-hydrogen) atoms. The van der Waals surface area contributed by atoms with E-state index in [2.05, 4.69) is 25.7 Å². The molecule has 0 aromatic heterocycles. The van der Waals surface area contributed by atoms with Crippen LogP contribution in [0, 0.1) is 5.92 Å². The molecule has 94 valence electrons. The standard InChI is InChI=1S/C13H25NO2/c1-4-11(3)14(9-13(15)16)12-7-5-6-10(2)8-12/h10-12H,4-9H2,1-3H3,(H,15,16). The van der Waals surface area contributed by atoms with Crippen LogP contribution in [-0.2, 0) is 4.79 Å². The first-order valence-corrected chi connectivity index (χ1v) is 6.52. The van der Waals surface area contributed by atoms with E-state index in [1.165, 1.54) is 19.3 Å². The van der Waals surface area contributed by atoms with Crippen molar-refractivity contribution >= 4 is 5.97 Å². The minimum atomic E-state index is -0.696. The quantitative estimate of drug-likeness (QED) is 0.785. The van der Waals surface area contributed by atoms with Gasteiger partial charge in [-0.05, 0) is 32.1 Å². The van der Waals surface area contributed by atoms with E-state index < -0.39 is 5.97 Å². The summed E-state index contributed by atoms with van der Waals surface area (Å²) in [7, 11) is 0. The minimum Gasteiger partial charge on any atom is -0.480 e. The molecule has 1 fully saturated rings. The maximum Gasteiger partial charge on any atom is 0.317 e. The second kappa shape index (κ2) is 6.24. The molecule has 1 saturated carbocycles. The van der Waals surface area contributed by atoms with Crippen LogP contribution in [0.4, 0.5) is 0 Å². The lowest BCUT2D eigenvalue weighted by molar-refractivity contribution is -0.140. The Labute approximate surface area is 98.8 Å². The average molecular weight is 227 g/mol. The first kappa shape index (κ1) is 13.5. The molecule has 0 radical (unpaired) electrons. The highest BCUT2D eigenvalue weighted by atomic mass is 16.4. The maximum absolute atomic E-state index is 10.9. The Bertz CT molecular complexity index is 230. The van der Waals surface area contributed by atoms with Crippen molar-refractivity contribution in [3.05, 3.63) is 0 Å². The molecule has 0 amide bonds. The predicted molar refractivity (Wildman–Crippen MR) is 65.5 cm³/mol. The van der Waals surface area contributed by atoms with Crippen LogP contribution in [0.15, 0.2) is 0 Å². The lowest BCUT2D eigenvalue weighted by Gasteiger charge is -2.39. The number of nitrogens with zero attached hydrogens (tertiary/aromatic N) is 1. The van der Waals surface area contributed by atoms with E-state index in [0.29, 0.717) is 12.1 Å². The summed E-state index contributed by atoms with van der Waals surface area (Å²) in [5, 5.41) is 8.98. The number of rotatable bonds is 5. The zero-order chi connectivity index (χ0) is 12.1. The van der Waals surface area contributed by atoms with Gasteiger partial charge in [0, 0.05) is 12.1 Å². The summed E-state index contributed by atoms with van der Waals surface area (Å²) >= 11 is 0. The van der Waals surface area contributed by atoms with Crippen LogP contribution >= 0.6 is 0 Å². The third kappa shape index (κ3) is 3.78. The van der Waals surface area contributed by atoms with Crippen LogP contribution in [0.1, 0.15) is 52.9 Å². The van der Waals surface area contributed by atoms with Crippen molar-refractivity contribution in [3.8, 4) is 0 Å². The van der Waals surface area contributed by atoms with Crippen molar-refractivity contribution in [1.82, 2.24) is 4.90 Å². The molecule has 3 nitrogen and oxygen atoms in total. The van der Waals surface area contributed by atoms with E-state index in [0.717, 1.165) is 18.8 Å². The van der Waals surface area contributed by atoms with Crippen LogP contribution < -0.4 is 0 Å². The van der Waals surface area contributed by atoms with E-state index in [9.17, 15) is 4.79 Å². The highest BCUT2D eigenvalue weighted by Gasteiger charge is 2.28. The summed E-state index contributed by atoms with van der Waals surface area (Å²) < 4.78 is 0. The fourth-order valence-electron chi connectivity index (χ4n) is 2.74. The molecule has 0 aromatic carbocycles. The molecule has 0 aliphatic heterocycles. The fourth-order valence-corrected chi connectivity index (χ4v) is 2.74. The molecule has 0 spiro atoms. The normalized spacial score (nSPS) is 28.0. The van der Waals surface area contributed by atoms with Gasteiger partial charge in [0.1, 0.15) is 0 Å². The van der Waals surface area contributed by atoms with Crippen molar-refractivity contribution in [1.29, 1.82) is 0 Å². The minimum absolute atomic E-state index is 0.201. The number of carboxylic acid groups (broad SMARTS) is 1. The Kier molecular flexibility index (Phi) is 5.26. The van der Waals surface area contributed by atoms with Gasteiger partial charge in [0.15, 0.2) is 0 Å². The smallest absolute Gasteiger partial charge is 0.317 e. The molecule has 0 saturated heterocycles. The third-order valence-electron chi connectivity index (χ3n) is 3.85. The molecule has 1 aliphatic carbocycles. The molecule has 3 atom stereocenters. The molecule has 0 heterocycles. The first-order chi connectivity index (χ1) is 7.54. The van der Waals surface area contributed by atoms with Gasteiger partial charge in [0.25, 0.3) is 0 Å². The summed E-state index contributed by atoms with van der Waals surface area (Å²) in [5.41, 5.74) is 0. The van der Waals surface area contributed by atoms with Crippen LogP contribution in [0.25, 0.3) is 0 Å². The molecule has 1 aliphatic rings. The topological polar surface area (TPSA) is 40.5 Å². The Morgan fingerprint density at radius 2 is 2.19 bits per heavy atom. The van der Waals surface area contributed by atoms with Crippen molar-refractivity contribution in [2.75, 3.05) is 6.54 Å². The SMILES string of the molecule is CCC(C)N(CC(=O)O)C1CCCC(C)C1. The largest absolute Gasteiger partial charge is 0.480 e. The van der Waals surface area contributed by atoms with Gasteiger partial charge < -0.3 is 5.11 Å². The number of carboxylic acids is 1. The molecule has 3 unspecified atom stereocenters. The Morgan fingerprint density at radius 3 is 2.69 bits per heavy atom. The molecular weight excluding hydrogens is 202 g/mol. The first-order valence-electron chi connectivity index (χ1n) is 6.52. The van der Waals surface area contributed by atoms with Gasteiger partial charge in [-0.15, -0.1) is 0 Å². The van der Waals surface area contributed by atoms with Gasteiger partial charge in [-0.2, -0.15) is 0 Å². The van der Waals surface area contributed by atoms with Gasteiger partial charge in [-0.25, -0.2) is 0 Å². The van der Waals surface area contributed by atoms with Gasteiger partial charge in [-0.1, -0.05) is 26.7 Å². The van der Waals surface area contributed by atoms with Crippen molar-refractivity contribution in [3.63, 3.8) is 0 Å². The lowest BCUT2D eigenvalue weighted by Crippen LogP contribution is -2.46. The molecule has 0 bridgehead atoms. The van der Waals surface area contributed by atoms with Crippen LogP contribution in [-0.4, -0.2) is 34.6 Å². The molecule has 1 rings (SSSR count). The zero-order valence-corrected chi connectivity index (χ0v) is 10.8. The summed E-state index contributed by atoms with van der Waals surface area (Å²) in [6.07, 6.45) is 5.91. The van der Waals surface area contributed by atoms with Gasteiger partial charge in [-0.3, -0.25) is 9.69 Å². The Hall–Kier alpha value is -0.570. The summed E-state index contributed by atoms with van der Waals surface area (Å²) in [5.74, 6) is 0.0534. The van der Waals surface area contributed by atoms with E-state index in [-0.39, 0.29) is 6.54 Å². The Morgan fingerprint density at radius 1 is 1.50 bits per heavy atom. The summed E-state index contributed by atoms with van der Waals surface area (Å²) in [6.45, 7) is 6.75. The predicted octanol–water partition coefficient (Wildman–Crippen LogP) is 2.75. The number of carbonyl (C=O) groups is 1. The third-order valence-corrected chi connectivity index (χ3v) is 3.85. The maximum atomic E-state index is 10.9. The number of aliphatic carboxylic acids is 1. The monoisotopic (exact) mass is 227 g/mol. The van der Waals surface area contributed by atoms with Crippen LogP contribution in [0.2, 0.25) is 0 Å². The van der Waals surface area contributed by atoms with E-state index in [1.807, 2.05) is 0 Å². The van der Waals surface area contributed by atoms with Crippen molar-refractivity contribution < 1.29 is 9.90 Å². The molecular formula is C13H25NO2.